The molecule has 1 heteroatoms. The summed E-state index contributed by atoms with van der Waals surface area (Å²) in [6.07, 6.45) is 10.3. The maximum Gasteiger partial charge on any atom is 0.0387 e. The molecule has 2 saturated carbocycles. The Kier molecular flexibility index (Phi) is 4.83. The zero-order valence-corrected chi connectivity index (χ0v) is 24.5. The van der Waals surface area contributed by atoms with E-state index in [1.807, 2.05) is 0 Å². The van der Waals surface area contributed by atoms with E-state index in [1.165, 1.54) is 118 Å². The van der Waals surface area contributed by atoms with Crippen LogP contribution in [0.4, 0.5) is 11.4 Å². The normalized spacial score (nSPS) is 18.3. The molecule has 4 aliphatic rings. The van der Waals surface area contributed by atoms with Gasteiger partial charge in [0.25, 0.3) is 0 Å². The Morgan fingerprint density at radius 1 is 0.419 bits per heavy atom. The highest BCUT2D eigenvalue weighted by Crippen LogP contribution is 2.60. The molecule has 1 nitrogen and oxygen atoms in total. The molecule has 0 saturated heterocycles. The average Bonchev–Trinajstić information content (AvgIpc) is 3.85. The molecule has 0 atom stereocenters. The van der Waals surface area contributed by atoms with Gasteiger partial charge >= 0.3 is 0 Å². The molecule has 0 amide bonds. The molecule has 0 aromatic heterocycles. The lowest BCUT2D eigenvalue weighted by molar-refractivity contribution is 0.550. The number of hydrogen-bond acceptors (Lipinski definition) is 1. The molecule has 1 N–H and O–H groups in total. The SMILES string of the molecule is c1ccc2c3c(ccc2c1)C1(CCCC1)c1cc(Nc2ccc4c(c2)C2(CCCC2)c2ccc5ccccc5c2-4)ccc1-3. The molecular formula is C42H35N. The van der Waals surface area contributed by atoms with Crippen LogP contribution in [0, 0.1) is 0 Å². The van der Waals surface area contributed by atoms with Crippen LogP contribution in [0.25, 0.3) is 43.8 Å². The van der Waals surface area contributed by atoms with E-state index in [0.717, 1.165) is 0 Å². The first-order valence-corrected chi connectivity index (χ1v) is 16.4. The second-order valence-electron chi connectivity index (χ2n) is 13.6. The van der Waals surface area contributed by atoms with Crippen molar-refractivity contribution < 1.29 is 0 Å². The molecular weight excluding hydrogens is 518 g/mol. The molecule has 2 spiro atoms. The lowest BCUT2D eigenvalue weighted by atomic mass is 9.76. The minimum Gasteiger partial charge on any atom is -0.356 e. The number of nitrogens with one attached hydrogen (secondary N) is 1. The van der Waals surface area contributed by atoms with Gasteiger partial charge in [0.15, 0.2) is 0 Å². The van der Waals surface area contributed by atoms with Crippen molar-refractivity contribution in [3.63, 3.8) is 0 Å². The number of rotatable bonds is 2. The van der Waals surface area contributed by atoms with Gasteiger partial charge < -0.3 is 5.32 Å². The Bertz CT molecular complexity index is 1970. The van der Waals surface area contributed by atoms with Crippen molar-refractivity contribution in [1.29, 1.82) is 0 Å². The highest BCUT2D eigenvalue weighted by atomic mass is 14.9. The first kappa shape index (κ1) is 24.1. The van der Waals surface area contributed by atoms with E-state index < -0.39 is 0 Å². The Morgan fingerprint density at radius 2 is 0.860 bits per heavy atom. The van der Waals surface area contributed by atoms with Crippen molar-refractivity contribution in [2.24, 2.45) is 0 Å². The molecule has 0 bridgehead atoms. The summed E-state index contributed by atoms with van der Waals surface area (Å²) in [5, 5.41) is 9.40. The Hall–Kier alpha value is -4.36. The third-order valence-corrected chi connectivity index (χ3v) is 11.7. The number of benzene rings is 6. The Balaban J connectivity index is 1.09. The standard InChI is InChI=1S/C42H35N/c1-3-11-31-27(9-1)13-19-35-39(31)33-17-15-29(25-37(33)41(35)21-5-6-22-41)43-30-16-18-34-38(26-30)42(23-7-8-24-42)36-20-14-28-10-2-4-12-32(28)40(34)36/h1-4,9-20,25-26,43H,5-8,21-24H2. The zero-order chi connectivity index (χ0) is 28.2. The quantitative estimate of drug-likeness (QED) is 0.225. The lowest BCUT2D eigenvalue weighted by Crippen LogP contribution is -2.20. The second-order valence-corrected chi connectivity index (χ2v) is 13.6. The van der Waals surface area contributed by atoms with Crippen LogP contribution in [0.1, 0.15) is 73.6 Å². The molecule has 0 aliphatic heterocycles. The van der Waals surface area contributed by atoms with Gasteiger partial charge in [0.1, 0.15) is 0 Å². The summed E-state index contributed by atoms with van der Waals surface area (Å²) in [7, 11) is 0. The summed E-state index contributed by atoms with van der Waals surface area (Å²) < 4.78 is 0. The van der Waals surface area contributed by atoms with Crippen LogP contribution in [-0.2, 0) is 10.8 Å². The van der Waals surface area contributed by atoms with Gasteiger partial charge in [-0.2, -0.15) is 0 Å². The summed E-state index contributed by atoms with van der Waals surface area (Å²) in [5.74, 6) is 0. The van der Waals surface area contributed by atoms with Crippen LogP contribution in [0.3, 0.4) is 0 Å². The van der Waals surface area contributed by atoms with Gasteiger partial charge in [0, 0.05) is 22.2 Å². The van der Waals surface area contributed by atoms with E-state index >= 15 is 0 Å². The molecule has 4 aliphatic carbocycles. The van der Waals surface area contributed by atoms with Crippen molar-refractivity contribution in [1.82, 2.24) is 0 Å². The van der Waals surface area contributed by atoms with E-state index in [9.17, 15) is 0 Å². The molecule has 0 heterocycles. The van der Waals surface area contributed by atoms with Crippen molar-refractivity contribution in [2.45, 2.75) is 62.2 Å². The van der Waals surface area contributed by atoms with Gasteiger partial charge in [-0.25, -0.2) is 0 Å². The third-order valence-electron chi connectivity index (χ3n) is 11.7. The summed E-state index contributed by atoms with van der Waals surface area (Å²) in [4.78, 5) is 0. The first-order valence-electron chi connectivity index (χ1n) is 16.4. The fourth-order valence-corrected chi connectivity index (χ4v) is 9.88. The maximum absolute atomic E-state index is 3.90. The van der Waals surface area contributed by atoms with Gasteiger partial charge in [-0.1, -0.05) is 111 Å². The molecule has 6 aromatic rings. The van der Waals surface area contributed by atoms with Crippen LogP contribution in [0.15, 0.2) is 109 Å². The van der Waals surface area contributed by atoms with Crippen LogP contribution in [0.5, 0.6) is 0 Å². The molecule has 208 valence electrons. The fourth-order valence-electron chi connectivity index (χ4n) is 9.88. The third kappa shape index (κ3) is 3.13. The number of hydrogen-bond donors (Lipinski definition) is 1. The van der Waals surface area contributed by atoms with Gasteiger partial charge in [0.05, 0.1) is 0 Å². The van der Waals surface area contributed by atoms with Gasteiger partial charge in [-0.05, 0) is 116 Å². The predicted molar refractivity (Wildman–Crippen MR) is 181 cm³/mol. The largest absolute Gasteiger partial charge is 0.356 e. The summed E-state index contributed by atoms with van der Waals surface area (Å²) in [5.41, 5.74) is 14.8. The van der Waals surface area contributed by atoms with E-state index in [1.54, 1.807) is 11.1 Å². The van der Waals surface area contributed by atoms with Gasteiger partial charge in [0.2, 0.25) is 0 Å². The summed E-state index contributed by atoms with van der Waals surface area (Å²) in [6.45, 7) is 0. The van der Waals surface area contributed by atoms with Crippen molar-refractivity contribution in [3.8, 4) is 22.3 Å². The molecule has 2 fully saturated rings. The van der Waals surface area contributed by atoms with Crippen LogP contribution >= 0.6 is 0 Å². The molecule has 10 rings (SSSR count). The van der Waals surface area contributed by atoms with Gasteiger partial charge in [-0.15, -0.1) is 0 Å². The van der Waals surface area contributed by atoms with Crippen LogP contribution in [-0.4, -0.2) is 0 Å². The van der Waals surface area contributed by atoms with E-state index in [4.69, 9.17) is 0 Å². The van der Waals surface area contributed by atoms with Crippen molar-refractivity contribution >= 4 is 32.9 Å². The maximum atomic E-state index is 3.90. The molecule has 0 radical (unpaired) electrons. The average molecular weight is 554 g/mol. The monoisotopic (exact) mass is 553 g/mol. The van der Waals surface area contributed by atoms with E-state index in [-0.39, 0.29) is 10.8 Å². The Labute approximate surface area is 253 Å². The first-order chi connectivity index (χ1) is 21.3. The summed E-state index contributed by atoms with van der Waals surface area (Å²) >= 11 is 0. The van der Waals surface area contributed by atoms with Crippen LogP contribution < -0.4 is 5.32 Å². The van der Waals surface area contributed by atoms with Crippen LogP contribution in [0.2, 0.25) is 0 Å². The molecule has 0 unspecified atom stereocenters. The second kappa shape index (κ2) is 8.60. The summed E-state index contributed by atoms with van der Waals surface area (Å²) in [6, 6.07) is 41.9. The van der Waals surface area contributed by atoms with E-state index in [0.29, 0.717) is 0 Å². The lowest BCUT2D eigenvalue weighted by Gasteiger charge is -2.28. The van der Waals surface area contributed by atoms with Crippen molar-refractivity contribution in [3.05, 3.63) is 131 Å². The zero-order valence-electron chi connectivity index (χ0n) is 24.5. The molecule has 43 heavy (non-hydrogen) atoms. The Morgan fingerprint density at radius 3 is 1.33 bits per heavy atom. The minimum atomic E-state index is 0.154. The molecule has 6 aromatic carbocycles. The number of fused-ring (bicyclic) bond motifs is 14. The smallest absolute Gasteiger partial charge is 0.0387 e. The van der Waals surface area contributed by atoms with E-state index in [2.05, 4.69) is 115 Å². The highest BCUT2D eigenvalue weighted by molar-refractivity contribution is 6.04. The predicted octanol–water partition coefficient (Wildman–Crippen LogP) is 11.4. The number of anilines is 2. The fraction of sp³-hybridized carbons (Fsp3) is 0.238. The van der Waals surface area contributed by atoms with Gasteiger partial charge in [-0.3, -0.25) is 0 Å². The topological polar surface area (TPSA) is 12.0 Å². The highest BCUT2D eigenvalue weighted by Gasteiger charge is 2.47. The van der Waals surface area contributed by atoms with Crippen molar-refractivity contribution in [2.75, 3.05) is 5.32 Å². The minimum absolute atomic E-state index is 0.154.